The highest BCUT2D eigenvalue weighted by atomic mass is 16.5. The van der Waals surface area contributed by atoms with Gasteiger partial charge in [-0.15, -0.1) is 0 Å². The fraction of sp³-hybridized carbons (Fsp3) is 0.625. The molecule has 3 atom stereocenters. The second-order valence-corrected chi connectivity index (χ2v) is 5.88. The van der Waals surface area contributed by atoms with Gasteiger partial charge in [-0.1, -0.05) is 19.9 Å². The Morgan fingerprint density at radius 3 is 2.67 bits per heavy atom. The summed E-state index contributed by atoms with van der Waals surface area (Å²) in [7, 11) is 1.74. The average molecular weight is 245 g/mol. The number of fused-ring (bicyclic) bond motifs is 3. The van der Waals surface area contributed by atoms with E-state index in [0.29, 0.717) is 23.3 Å². The van der Waals surface area contributed by atoms with Crippen LogP contribution in [0.2, 0.25) is 0 Å². The van der Waals surface area contributed by atoms with Gasteiger partial charge in [-0.2, -0.15) is 0 Å². The lowest BCUT2D eigenvalue weighted by atomic mass is 9.48. The minimum Gasteiger partial charge on any atom is -0.497 e. The standard InChI is InChI=1S/C16H23NO/c1-4-16(5-2)14-12-9-11(18-3)7-6-10(12)8-13(14)15(16)17/h6-7,9,13-15H,4-5,8,17H2,1-3H3. The molecule has 2 N–H and O–H groups in total. The van der Waals surface area contributed by atoms with Gasteiger partial charge in [0, 0.05) is 6.04 Å². The van der Waals surface area contributed by atoms with Crippen LogP contribution in [0.3, 0.4) is 0 Å². The Kier molecular flexibility index (Phi) is 2.67. The van der Waals surface area contributed by atoms with Gasteiger partial charge in [0.2, 0.25) is 0 Å². The fourth-order valence-electron chi connectivity index (χ4n) is 4.52. The van der Waals surface area contributed by atoms with E-state index in [2.05, 4.69) is 32.0 Å². The number of methoxy groups -OCH3 is 1. The summed E-state index contributed by atoms with van der Waals surface area (Å²) in [6.07, 6.45) is 3.53. The van der Waals surface area contributed by atoms with Gasteiger partial charge >= 0.3 is 0 Å². The maximum absolute atomic E-state index is 6.48. The highest BCUT2D eigenvalue weighted by molar-refractivity contribution is 5.47. The molecule has 3 rings (SSSR count). The third-order valence-corrected chi connectivity index (χ3v) is 5.63. The van der Waals surface area contributed by atoms with E-state index < -0.39 is 0 Å². The molecule has 0 aromatic heterocycles. The molecule has 2 aliphatic rings. The van der Waals surface area contributed by atoms with Gasteiger partial charge in [-0.3, -0.25) is 0 Å². The summed E-state index contributed by atoms with van der Waals surface area (Å²) in [5, 5.41) is 0. The van der Waals surface area contributed by atoms with Crippen LogP contribution >= 0.6 is 0 Å². The lowest BCUT2D eigenvalue weighted by molar-refractivity contribution is -0.0162. The number of benzene rings is 1. The monoisotopic (exact) mass is 245 g/mol. The van der Waals surface area contributed by atoms with Crippen molar-refractivity contribution in [3.8, 4) is 5.75 Å². The van der Waals surface area contributed by atoms with E-state index in [4.69, 9.17) is 10.5 Å². The Morgan fingerprint density at radius 1 is 1.33 bits per heavy atom. The largest absolute Gasteiger partial charge is 0.497 e. The van der Waals surface area contributed by atoms with Gasteiger partial charge in [0.25, 0.3) is 0 Å². The number of nitrogens with two attached hydrogens (primary N) is 1. The zero-order chi connectivity index (χ0) is 12.9. The summed E-state index contributed by atoms with van der Waals surface area (Å²) >= 11 is 0. The Bertz CT molecular complexity index is 464. The first kappa shape index (κ1) is 12.0. The molecule has 1 fully saturated rings. The zero-order valence-corrected chi connectivity index (χ0v) is 11.6. The van der Waals surface area contributed by atoms with E-state index in [-0.39, 0.29) is 0 Å². The quantitative estimate of drug-likeness (QED) is 0.888. The SMILES string of the molecule is CCC1(CC)C(N)C2Cc3ccc(OC)cc3C21. The van der Waals surface area contributed by atoms with Crippen LogP contribution in [0.5, 0.6) is 5.75 Å². The third kappa shape index (κ3) is 1.27. The molecule has 2 nitrogen and oxygen atoms in total. The van der Waals surface area contributed by atoms with E-state index in [0.717, 1.165) is 12.2 Å². The summed E-state index contributed by atoms with van der Waals surface area (Å²) in [5.41, 5.74) is 9.80. The van der Waals surface area contributed by atoms with Gasteiger partial charge < -0.3 is 10.5 Å². The number of hydrogen-bond acceptors (Lipinski definition) is 2. The predicted molar refractivity (Wildman–Crippen MR) is 73.9 cm³/mol. The van der Waals surface area contributed by atoms with Crippen LogP contribution in [-0.4, -0.2) is 13.2 Å². The second-order valence-electron chi connectivity index (χ2n) is 5.88. The van der Waals surface area contributed by atoms with Gasteiger partial charge in [-0.25, -0.2) is 0 Å². The molecule has 0 bridgehead atoms. The fourth-order valence-corrected chi connectivity index (χ4v) is 4.52. The molecule has 0 aliphatic heterocycles. The first-order valence-corrected chi connectivity index (χ1v) is 7.10. The molecule has 1 saturated carbocycles. The molecule has 98 valence electrons. The molecule has 0 spiro atoms. The first-order valence-electron chi connectivity index (χ1n) is 7.10. The lowest BCUT2D eigenvalue weighted by Crippen LogP contribution is -2.61. The van der Waals surface area contributed by atoms with Gasteiger partial charge in [0.05, 0.1) is 7.11 Å². The number of hydrogen-bond donors (Lipinski definition) is 1. The molecule has 2 aliphatic carbocycles. The predicted octanol–water partition coefficient (Wildman–Crippen LogP) is 3.10. The van der Waals surface area contributed by atoms with E-state index in [1.54, 1.807) is 7.11 Å². The number of ether oxygens (including phenoxy) is 1. The Labute approximate surface area is 110 Å². The van der Waals surface area contributed by atoms with Crippen molar-refractivity contribution in [3.63, 3.8) is 0 Å². The summed E-state index contributed by atoms with van der Waals surface area (Å²) in [6.45, 7) is 4.58. The molecule has 3 unspecified atom stereocenters. The highest BCUT2D eigenvalue weighted by Gasteiger charge is 2.61. The molecule has 0 heterocycles. The molecule has 1 aromatic rings. The highest BCUT2D eigenvalue weighted by Crippen LogP contribution is 2.64. The molecule has 2 heteroatoms. The minimum absolute atomic E-state index is 0.322. The summed E-state index contributed by atoms with van der Waals surface area (Å²) in [4.78, 5) is 0. The summed E-state index contributed by atoms with van der Waals surface area (Å²) < 4.78 is 5.38. The molecule has 0 radical (unpaired) electrons. The Balaban J connectivity index is 2.04. The van der Waals surface area contributed by atoms with Crippen LogP contribution < -0.4 is 10.5 Å². The second kappa shape index (κ2) is 3.99. The van der Waals surface area contributed by atoms with Crippen molar-refractivity contribution in [2.45, 2.75) is 45.1 Å². The third-order valence-electron chi connectivity index (χ3n) is 5.63. The first-order chi connectivity index (χ1) is 8.67. The van der Waals surface area contributed by atoms with Crippen molar-refractivity contribution in [3.05, 3.63) is 29.3 Å². The zero-order valence-electron chi connectivity index (χ0n) is 11.6. The van der Waals surface area contributed by atoms with Crippen LogP contribution in [0.25, 0.3) is 0 Å². The van der Waals surface area contributed by atoms with Crippen molar-refractivity contribution >= 4 is 0 Å². The molecular weight excluding hydrogens is 222 g/mol. The smallest absolute Gasteiger partial charge is 0.119 e. The van der Waals surface area contributed by atoms with Crippen LogP contribution in [0.1, 0.15) is 43.7 Å². The van der Waals surface area contributed by atoms with Crippen molar-refractivity contribution in [1.29, 1.82) is 0 Å². The van der Waals surface area contributed by atoms with Crippen molar-refractivity contribution in [2.24, 2.45) is 17.1 Å². The van der Waals surface area contributed by atoms with Crippen LogP contribution in [-0.2, 0) is 6.42 Å². The summed E-state index contributed by atoms with van der Waals surface area (Å²) in [5.74, 6) is 2.30. The van der Waals surface area contributed by atoms with Crippen molar-refractivity contribution in [2.75, 3.05) is 7.11 Å². The van der Waals surface area contributed by atoms with Crippen molar-refractivity contribution in [1.82, 2.24) is 0 Å². The Morgan fingerprint density at radius 2 is 2.06 bits per heavy atom. The molecule has 0 saturated heterocycles. The molecular formula is C16H23NO. The van der Waals surface area contributed by atoms with E-state index in [9.17, 15) is 0 Å². The van der Waals surface area contributed by atoms with Gasteiger partial charge in [0.1, 0.15) is 5.75 Å². The number of rotatable bonds is 3. The normalized spacial score (nSPS) is 31.4. The van der Waals surface area contributed by atoms with E-state index in [1.807, 2.05) is 0 Å². The topological polar surface area (TPSA) is 35.2 Å². The lowest BCUT2D eigenvalue weighted by Gasteiger charge is -2.58. The maximum atomic E-state index is 6.48. The molecule has 1 aromatic carbocycles. The maximum Gasteiger partial charge on any atom is 0.119 e. The van der Waals surface area contributed by atoms with Crippen molar-refractivity contribution < 1.29 is 4.74 Å². The van der Waals surface area contributed by atoms with Crippen LogP contribution in [0, 0.1) is 11.3 Å². The van der Waals surface area contributed by atoms with Gasteiger partial charge in [0.15, 0.2) is 0 Å². The van der Waals surface area contributed by atoms with Crippen LogP contribution in [0.15, 0.2) is 18.2 Å². The molecule has 18 heavy (non-hydrogen) atoms. The van der Waals surface area contributed by atoms with E-state index >= 15 is 0 Å². The van der Waals surface area contributed by atoms with Crippen LogP contribution in [0.4, 0.5) is 0 Å². The Hall–Kier alpha value is -1.02. The molecule has 0 amide bonds. The summed E-state index contributed by atoms with van der Waals surface area (Å²) in [6, 6.07) is 6.92. The van der Waals surface area contributed by atoms with Gasteiger partial charge in [-0.05, 0) is 59.8 Å². The average Bonchev–Trinajstić information content (AvgIpc) is 2.76. The van der Waals surface area contributed by atoms with E-state index in [1.165, 1.54) is 24.0 Å². The minimum atomic E-state index is 0.322.